The van der Waals surface area contributed by atoms with Crippen LogP contribution in [0.15, 0.2) is 0 Å². The van der Waals surface area contributed by atoms with E-state index in [1.807, 2.05) is 0 Å². The van der Waals surface area contributed by atoms with Gasteiger partial charge in [-0.2, -0.15) is 0 Å². The molecule has 0 spiro atoms. The fourth-order valence-electron chi connectivity index (χ4n) is 2.53. The van der Waals surface area contributed by atoms with Crippen LogP contribution in [0.1, 0.15) is 12.8 Å². The molecule has 5 heteroatoms. The molecule has 4 bridgehead atoms. The topological polar surface area (TPSA) is 51.8 Å². The third-order valence-electron chi connectivity index (χ3n) is 3.51. The van der Waals surface area contributed by atoms with E-state index < -0.39 is 0 Å². The van der Waals surface area contributed by atoms with Crippen LogP contribution in [-0.2, 0) is 14.2 Å². The molecule has 0 aromatic carbocycles. The van der Waals surface area contributed by atoms with Crippen molar-refractivity contribution in [1.82, 2.24) is 10.6 Å². The molecule has 4 unspecified atom stereocenters. The molecular formula is C11H20N2O3. The molecule has 4 atom stereocenters. The van der Waals surface area contributed by atoms with Gasteiger partial charge in [-0.25, -0.2) is 0 Å². The van der Waals surface area contributed by atoms with Crippen molar-refractivity contribution in [3.05, 3.63) is 0 Å². The first-order valence-electron chi connectivity index (χ1n) is 6.20. The number of nitrogens with one attached hydrogen (secondary N) is 2. The summed E-state index contributed by atoms with van der Waals surface area (Å²) in [6.45, 7) is 4.40. The van der Waals surface area contributed by atoms with Crippen LogP contribution in [-0.4, -0.2) is 57.4 Å². The van der Waals surface area contributed by atoms with E-state index >= 15 is 0 Å². The zero-order valence-corrected chi connectivity index (χ0v) is 9.48. The third-order valence-corrected chi connectivity index (χ3v) is 3.51. The van der Waals surface area contributed by atoms with Gasteiger partial charge in [0.05, 0.1) is 38.6 Å². The molecule has 92 valence electrons. The van der Waals surface area contributed by atoms with Crippen LogP contribution in [0, 0.1) is 0 Å². The molecule has 5 saturated heterocycles. The van der Waals surface area contributed by atoms with Crippen LogP contribution in [0.5, 0.6) is 0 Å². The average molecular weight is 228 g/mol. The van der Waals surface area contributed by atoms with Crippen molar-refractivity contribution in [3.63, 3.8) is 0 Å². The lowest BCUT2D eigenvalue weighted by molar-refractivity contribution is -0.0385. The molecule has 2 N–H and O–H groups in total. The highest BCUT2D eigenvalue weighted by Gasteiger charge is 2.28. The normalized spacial score (nSPS) is 45.0. The van der Waals surface area contributed by atoms with Gasteiger partial charge in [0.25, 0.3) is 0 Å². The maximum absolute atomic E-state index is 5.41. The van der Waals surface area contributed by atoms with Gasteiger partial charge in [-0.15, -0.1) is 0 Å². The molecule has 5 rings (SSSR count). The molecule has 0 aromatic rings. The van der Waals surface area contributed by atoms with Crippen molar-refractivity contribution in [1.29, 1.82) is 0 Å². The predicted octanol–water partition coefficient (Wildman–Crippen LogP) is -0.532. The summed E-state index contributed by atoms with van der Waals surface area (Å²) in [7, 11) is 0. The summed E-state index contributed by atoms with van der Waals surface area (Å²) in [5.74, 6) is 0. The molecule has 0 saturated carbocycles. The van der Waals surface area contributed by atoms with E-state index in [0.717, 1.165) is 33.0 Å². The van der Waals surface area contributed by atoms with Crippen molar-refractivity contribution >= 4 is 0 Å². The predicted molar refractivity (Wildman–Crippen MR) is 58.2 cm³/mol. The van der Waals surface area contributed by atoms with Crippen molar-refractivity contribution in [2.75, 3.05) is 33.0 Å². The minimum atomic E-state index is 0.189. The van der Waals surface area contributed by atoms with Crippen molar-refractivity contribution in [2.24, 2.45) is 0 Å². The van der Waals surface area contributed by atoms with Crippen LogP contribution in [0.3, 0.4) is 0 Å². The maximum Gasteiger partial charge on any atom is 0.132 e. The minimum Gasteiger partial charge on any atom is -0.376 e. The lowest BCUT2D eigenvalue weighted by Gasteiger charge is -2.36. The van der Waals surface area contributed by atoms with E-state index in [4.69, 9.17) is 14.2 Å². The second-order valence-electron chi connectivity index (χ2n) is 4.86. The minimum absolute atomic E-state index is 0.189. The fraction of sp³-hybridized carbons (Fsp3) is 1.00. The Labute approximate surface area is 95.8 Å². The van der Waals surface area contributed by atoms with E-state index in [1.165, 1.54) is 12.8 Å². The lowest BCUT2D eigenvalue weighted by atomic mass is 10.0. The van der Waals surface area contributed by atoms with Gasteiger partial charge < -0.3 is 19.5 Å². The summed E-state index contributed by atoms with van der Waals surface area (Å²) in [6, 6.07) is 1.15. The Morgan fingerprint density at radius 3 is 2.25 bits per heavy atom. The molecule has 5 heterocycles. The van der Waals surface area contributed by atoms with Crippen LogP contribution in [0.4, 0.5) is 0 Å². The van der Waals surface area contributed by atoms with E-state index in [2.05, 4.69) is 10.6 Å². The number of hydrogen-bond acceptors (Lipinski definition) is 5. The number of rotatable bonds is 0. The van der Waals surface area contributed by atoms with Gasteiger partial charge in [0.15, 0.2) is 0 Å². The summed E-state index contributed by atoms with van der Waals surface area (Å²) < 4.78 is 15.8. The Morgan fingerprint density at radius 2 is 1.81 bits per heavy atom. The first kappa shape index (κ1) is 10.9. The molecule has 5 fully saturated rings. The van der Waals surface area contributed by atoms with Gasteiger partial charge in [0.1, 0.15) is 6.23 Å². The average Bonchev–Trinajstić information content (AvgIpc) is 2.72. The second kappa shape index (κ2) is 4.98. The van der Waals surface area contributed by atoms with Crippen molar-refractivity contribution < 1.29 is 14.2 Å². The molecule has 5 aliphatic rings. The van der Waals surface area contributed by atoms with Crippen LogP contribution >= 0.6 is 0 Å². The second-order valence-corrected chi connectivity index (χ2v) is 4.86. The smallest absolute Gasteiger partial charge is 0.132 e. The fourth-order valence-corrected chi connectivity index (χ4v) is 2.53. The first-order chi connectivity index (χ1) is 7.90. The zero-order valence-electron chi connectivity index (χ0n) is 9.48. The first-order valence-corrected chi connectivity index (χ1v) is 6.20. The number of piperidine rings is 1. The highest BCUT2D eigenvalue weighted by Crippen LogP contribution is 2.17. The lowest BCUT2D eigenvalue weighted by Crippen LogP contribution is -2.51. The molecule has 0 aromatic heterocycles. The molecule has 0 aliphatic carbocycles. The van der Waals surface area contributed by atoms with Gasteiger partial charge in [-0.3, -0.25) is 5.32 Å². The molecule has 0 amide bonds. The zero-order chi connectivity index (χ0) is 10.8. The van der Waals surface area contributed by atoms with Gasteiger partial charge in [-0.1, -0.05) is 0 Å². The van der Waals surface area contributed by atoms with Gasteiger partial charge in [0, 0.05) is 12.6 Å². The van der Waals surface area contributed by atoms with Crippen molar-refractivity contribution in [2.45, 2.75) is 37.3 Å². The van der Waals surface area contributed by atoms with Gasteiger partial charge in [0.2, 0.25) is 0 Å². The summed E-state index contributed by atoms with van der Waals surface area (Å²) in [5, 5.41) is 6.64. The summed E-state index contributed by atoms with van der Waals surface area (Å²) in [6.07, 6.45) is 3.33. The molecule has 16 heavy (non-hydrogen) atoms. The van der Waals surface area contributed by atoms with E-state index in [0.29, 0.717) is 18.2 Å². The van der Waals surface area contributed by atoms with Crippen LogP contribution < -0.4 is 10.6 Å². The summed E-state index contributed by atoms with van der Waals surface area (Å²) >= 11 is 0. The van der Waals surface area contributed by atoms with E-state index in [1.54, 1.807) is 0 Å². The Bertz CT molecular complexity index is 181. The van der Waals surface area contributed by atoms with Gasteiger partial charge >= 0.3 is 0 Å². The SMILES string of the molecule is C1CC2CNC1CO2.C1OCC2NC1CO2. The highest BCUT2D eigenvalue weighted by atomic mass is 16.6. The maximum atomic E-state index is 5.41. The number of morpholine rings is 2. The van der Waals surface area contributed by atoms with Crippen molar-refractivity contribution in [3.8, 4) is 0 Å². The van der Waals surface area contributed by atoms with Crippen LogP contribution in [0.2, 0.25) is 0 Å². The standard InChI is InChI=1S/C6H11NO.C5H9NO2/c1-2-6-3-7-5(1)4-8-6;1-4-2-8-5(6-4)3-7-1/h5-7H,1-4H2;4-6H,1-3H2. The Balaban J connectivity index is 0.000000101. The summed E-state index contributed by atoms with van der Waals surface area (Å²) in [4.78, 5) is 0. The van der Waals surface area contributed by atoms with Crippen LogP contribution in [0.25, 0.3) is 0 Å². The van der Waals surface area contributed by atoms with E-state index in [9.17, 15) is 0 Å². The number of ether oxygens (including phenoxy) is 3. The molecular weight excluding hydrogens is 208 g/mol. The largest absolute Gasteiger partial charge is 0.376 e. The Morgan fingerprint density at radius 1 is 0.875 bits per heavy atom. The number of hydrogen-bond donors (Lipinski definition) is 2. The Kier molecular flexibility index (Phi) is 3.40. The molecule has 0 radical (unpaired) electrons. The quantitative estimate of drug-likeness (QED) is 0.584. The molecule has 5 nitrogen and oxygen atoms in total. The third kappa shape index (κ3) is 2.55. The Hall–Kier alpha value is -0.200. The summed E-state index contributed by atoms with van der Waals surface area (Å²) in [5.41, 5.74) is 0. The molecule has 5 aliphatic heterocycles. The number of fused-ring (bicyclic) bond motifs is 5. The van der Waals surface area contributed by atoms with E-state index in [-0.39, 0.29) is 6.23 Å². The van der Waals surface area contributed by atoms with Gasteiger partial charge in [-0.05, 0) is 12.8 Å². The highest BCUT2D eigenvalue weighted by molar-refractivity contribution is 4.83. The monoisotopic (exact) mass is 228 g/mol.